The largest absolute Gasteiger partial charge is 0.310 e. The summed E-state index contributed by atoms with van der Waals surface area (Å²) >= 11 is 0. The molecule has 0 unspecified atom stereocenters. The molecule has 1 nitrogen and oxygen atoms in total. The lowest BCUT2D eigenvalue weighted by molar-refractivity contribution is 1.29. The second-order valence-corrected chi connectivity index (χ2v) is 13.4. The summed E-state index contributed by atoms with van der Waals surface area (Å²) in [5, 5.41) is 12.6. The van der Waals surface area contributed by atoms with E-state index in [2.05, 4.69) is 205 Å². The van der Waals surface area contributed by atoms with E-state index in [4.69, 9.17) is 0 Å². The van der Waals surface area contributed by atoms with Crippen LogP contribution in [-0.2, 0) is 0 Å². The highest BCUT2D eigenvalue weighted by atomic mass is 15.1. The van der Waals surface area contributed by atoms with Gasteiger partial charge in [0.2, 0.25) is 0 Å². The van der Waals surface area contributed by atoms with E-state index in [-0.39, 0.29) is 0 Å². The Kier molecular flexibility index (Phi) is 6.89. The van der Waals surface area contributed by atoms with Crippen LogP contribution in [0.15, 0.2) is 200 Å². The predicted molar refractivity (Wildman–Crippen MR) is 220 cm³/mol. The molecule has 0 radical (unpaired) electrons. The maximum absolute atomic E-state index is 2.42. The van der Waals surface area contributed by atoms with Gasteiger partial charge >= 0.3 is 0 Å². The monoisotopic (exact) mass is 647 g/mol. The van der Waals surface area contributed by atoms with Gasteiger partial charge in [-0.25, -0.2) is 0 Å². The highest BCUT2D eigenvalue weighted by molar-refractivity contribution is 6.25. The van der Waals surface area contributed by atoms with E-state index in [1.807, 2.05) is 0 Å². The maximum atomic E-state index is 2.42. The van der Waals surface area contributed by atoms with Crippen molar-refractivity contribution in [2.75, 3.05) is 4.90 Å². The first-order chi connectivity index (χ1) is 25.3. The Morgan fingerprint density at radius 1 is 0.216 bits per heavy atom. The van der Waals surface area contributed by atoms with Crippen molar-refractivity contribution < 1.29 is 0 Å². The average Bonchev–Trinajstić information content (AvgIpc) is 3.21. The van der Waals surface area contributed by atoms with Gasteiger partial charge in [0, 0.05) is 17.1 Å². The first-order valence-corrected chi connectivity index (χ1v) is 17.6. The molecule has 10 rings (SSSR count). The molecule has 0 spiro atoms. The van der Waals surface area contributed by atoms with Gasteiger partial charge in [0.25, 0.3) is 0 Å². The molecule has 0 aliphatic rings. The third kappa shape index (κ3) is 5.10. The fourth-order valence-electron chi connectivity index (χ4n) is 7.87. The van der Waals surface area contributed by atoms with Crippen molar-refractivity contribution in [2.45, 2.75) is 0 Å². The Bertz CT molecular complexity index is 2780. The van der Waals surface area contributed by atoms with E-state index < -0.39 is 0 Å². The minimum Gasteiger partial charge on any atom is -0.310 e. The fraction of sp³-hybridized carbons (Fsp3) is 0. The van der Waals surface area contributed by atoms with Gasteiger partial charge in [0.15, 0.2) is 0 Å². The summed E-state index contributed by atoms with van der Waals surface area (Å²) in [6, 6.07) is 73.2. The molecular formula is C50H33N. The van der Waals surface area contributed by atoms with Crippen LogP contribution in [0.2, 0.25) is 0 Å². The van der Waals surface area contributed by atoms with E-state index in [1.54, 1.807) is 0 Å². The lowest BCUT2D eigenvalue weighted by Crippen LogP contribution is -2.10. The van der Waals surface area contributed by atoms with Gasteiger partial charge in [-0.05, 0) is 125 Å². The van der Waals surface area contributed by atoms with Crippen LogP contribution in [-0.4, -0.2) is 0 Å². The van der Waals surface area contributed by atoms with Crippen molar-refractivity contribution in [3.05, 3.63) is 200 Å². The molecule has 10 aromatic rings. The number of fused-ring (bicyclic) bond motifs is 8. The van der Waals surface area contributed by atoms with Crippen LogP contribution in [0, 0.1) is 0 Å². The predicted octanol–water partition coefficient (Wildman–Crippen LogP) is 14.3. The highest BCUT2D eigenvalue weighted by Crippen LogP contribution is 2.42. The minimum atomic E-state index is 1.11. The fourth-order valence-corrected chi connectivity index (χ4v) is 7.87. The summed E-state index contributed by atoms with van der Waals surface area (Å²) in [4.78, 5) is 2.42. The lowest BCUT2D eigenvalue weighted by atomic mass is 9.94. The SMILES string of the molecule is c1cc(-c2ccc3ccccc3c2)cc(N(c2cccc(-c3ccc4ccccc4c3)c2)c2ccc3c4ccccc4c4ccccc4c3c2)c1. The Morgan fingerprint density at radius 3 is 1.12 bits per heavy atom. The zero-order valence-corrected chi connectivity index (χ0v) is 28.0. The van der Waals surface area contributed by atoms with E-state index in [0.29, 0.717) is 0 Å². The van der Waals surface area contributed by atoms with Gasteiger partial charge in [0.05, 0.1) is 0 Å². The van der Waals surface area contributed by atoms with Crippen LogP contribution in [0.4, 0.5) is 17.1 Å². The summed E-state index contributed by atoms with van der Waals surface area (Å²) in [5.74, 6) is 0. The molecule has 51 heavy (non-hydrogen) atoms. The zero-order valence-electron chi connectivity index (χ0n) is 28.0. The summed E-state index contributed by atoms with van der Waals surface area (Å²) in [6.45, 7) is 0. The van der Waals surface area contributed by atoms with Gasteiger partial charge in [0.1, 0.15) is 0 Å². The van der Waals surface area contributed by atoms with Crippen LogP contribution in [0.5, 0.6) is 0 Å². The molecule has 0 N–H and O–H groups in total. The smallest absolute Gasteiger partial charge is 0.0468 e. The van der Waals surface area contributed by atoms with Crippen LogP contribution in [0.3, 0.4) is 0 Å². The topological polar surface area (TPSA) is 3.24 Å². The molecule has 10 aromatic carbocycles. The van der Waals surface area contributed by atoms with Gasteiger partial charge in [-0.2, -0.15) is 0 Å². The molecule has 0 aliphatic carbocycles. The normalized spacial score (nSPS) is 11.5. The van der Waals surface area contributed by atoms with E-state index in [0.717, 1.165) is 17.1 Å². The summed E-state index contributed by atoms with van der Waals surface area (Å²) < 4.78 is 0. The third-order valence-corrected chi connectivity index (χ3v) is 10.4. The molecule has 238 valence electrons. The standard InChI is InChI=1S/C50H33N/c1-3-13-36-29-40(25-23-34(36)11-1)38-15-9-17-42(31-38)51(43-18-10-16-39(32-43)41-26-24-35-12-2-4-14-37(35)30-41)44-27-28-49-47-21-6-5-19-45(47)46-20-7-8-22-48(46)50(49)33-44/h1-33H. The first-order valence-electron chi connectivity index (χ1n) is 17.6. The van der Waals surface area contributed by atoms with Crippen molar-refractivity contribution in [1.29, 1.82) is 0 Å². The van der Waals surface area contributed by atoms with E-state index in [9.17, 15) is 0 Å². The summed E-state index contributed by atoms with van der Waals surface area (Å²) in [7, 11) is 0. The maximum Gasteiger partial charge on any atom is 0.0468 e. The molecule has 0 saturated carbocycles. The molecule has 0 fully saturated rings. The first kappa shape index (κ1) is 29.2. The van der Waals surface area contributed by atoms with Gasteiger partial charge in [-0.15, -0.1) is 0 Å². The third-order valence-electron chi connectivity index (χ3n) is 10.4. The second kappa shape index (κ2) is 12.0. The molecule has 0 aliphatic heterocycles. The second-order valence-electron chi connectivity index (χ2n) is 13.4. The van der Waals surface area contributed by atoms with Crippen LogP contribution < -0.4 is 4.90 Å². The van der Waals surface area contributed by atoms with Gasteiger partial charge < -0.3 is 4.90 Å². The molecule has 0 bridgehead atoms. The Hall–Kier alpha value is -6.70. The van der Waals surface area contributed by atoms with Crippen molar-refractivity contribution in [3.8, 4) is 22.3 Å². The Labute approximate surface area is 297 Å². The molecule has 0 atom stereocenters. The number of benzene rings is 10. The number of hydrogen-bond donors (Lipinski definition) is 0. The zero-order chi connectivity index (χ0) is 33.7. The van der Waals surface area contributed by atoms with Crippen molar-refractivity contribution >= 4 is 70.9 Å². The quantitative estimate of drug-likeness (QED) is 0.168. The molecule has 1 heteroatoms. The van der Waals surface area contributed by atoms with E-state index in [1.165, 1.54) is 76.1 Å². The van der Waals surface area contributed by atoms with Crippen LogP contribution in [0.1, 0.15) is 0 Å². The number of hydrogen-bond acceptors (Lipinski definition) is 1. The number of nitrogens with zero attached hydrogens (tertiary/aromatic N) is 1. The molecule has 0 aromatic heterocycles. The Morgan fingerprint density at radius 2 is 0.608 bits per heavy atom. The van der Waals surface area contributed by atoms with Crippen molar-refractivity contribution in [2.24, 2.45) is 0 Å². The number of anilines is 3. The average molecular weight is 648 g/mol. The number of rotatable bonds is 5. The van der Waals surface area contributed by atoms with Crippen molar-refractivity contribution in [3.63, 3.8) is 0 Å². The molecule has 0 heterocycles. The summed E-state index contributed by atoms with van der Waals surface area (Å²) in [6.07, 6.45) is 0. The molecular weight excluding hydrogens is 615 g/mol. The van der Waals surface area contributed by atoms with Crippen LogP contribution >= 0.6 is 0 Å². The Balaban J connectivity index is 1.19. The molecule has 0 amide bonds. The van der Waals surface area contributed by atoms with E-state index >= 15 is 0 Å². The van der Waals surface area contributed by atoms with Gasteiger partial charge in [-0.1, -0.05) is 152 Å². The van der Waals surface area contributed by atoms with Gasteiger partial charge in [-0.3, -0.25) is 0 Å². The van der Waals surface area contributed by atoms with Crippen LogP contribution in [0.25, 0.3) is 76.1 Å². The van der Waals surface area contributed by atoms with Crippen molar-refractivity contribution in [1.82, 2.24) is 0 Å². The minimum absolute atomic E-state index is 1.11. The lowest BCUT2D eigenvalue weighted by Gasteiger charge is -2.27. The highest BCUT2D eigenvalue weighted by Gasteiger charge is 2.17. The summed E-state index contributed by atoms with van der Waals surface area (Å²) in [5.41, 5.74) is 8.13. The molecule has 0 saturated heterocycles.